The zero-order valence-corrected chi connectivity index (χ0v) is 18.1. The van der Waals surface area contributed by atoms with Gasteiger partial charge in [0.15, 0.2) is 10.3 Å². The second kappa shape index (κ2) is 8.91. The van der Waals surface area contributed by atoms with Crippen molar-refractivity contribution in [1.29, 1.82) is 0 Å². The quantitative estimate of drug-likeness (QED) is 0.777. The lowest BCUT2D eigenvalue weighted by molar-refractivity contribution is 0.507. The molecule has 0 bridgehead atoms. The molecule has 0 spiro atoms. The Bertz CT molecular complexity index is 719. The molecule has 4 rings (SSSR count). The summed E-state index contributed by atoms with van der Waals surface area (Å²) in [7, 11) is 0. The largest absolute Gasteiger partial charge is 0.358 e. The Kier molecular flexibility index (Phi) is 7.36. The fourth-order valence-electron chi connectivity index (χ4n) is 3.04. The van der Waals surface area contributed by atoms with Crippen molar-refractivity contribution in [3.63, 3.8) is 0 Å². The first-order valence-electron chi connectivity index (χ1n) is 8.29. The summed E-state index contributed by atoms with van der Waals surface area (Å²) in [4.78, 5) is 11.9. The van der Waals surface area contributed by atoms with Crippen LogP contribution in [0.1, 0.15) is 19.4 Å². The average molecular weight is 431 g/mol. The van der Waals surface area contributed by atoms with Crippen LogP contribution in [0.25, 0.3) is 0 Å². The highest BCUT2D eigenvalue weighted by atomic mass is 35.5. The van der Waals surface area contributed by atoms with Crippen LogP contribution in [-0.2, 0) is 6.42 Å². The van der Waals surface area contributed by atoms with Crippen LogP contribution in [0.2, 0.25) is 0 Å². The molecule has 1 N–H and O–H groups in total. The van der Waals surface area contributed by atoms with Crippen molar-refractivity contribution < 1.29 is 0 Å². The number of hydrogen-bond donors (Lipinski definition) is 1. The molecular weight excluding hydrogens is 407 g/mol. The second-order valence-electron chi connectivity index (χ2n) is 7.01. The van der Waals surface area contributed by atoms with Crippen molar-refractivity contribution in [3.05, 3.63) is 47.0 Å². The number of benzene rings is 1. The number of halogens is 2. The number of nitrogens with one attached hydrogen (secondary N) is 1. The molecule has 3 aliphatic heterocycles. The molecule has 1 atom stereocenters. The van der Waals surface area contributed by atoms with Gasteiger partial charge < -0.3 is 10.2 Å². The smallest absolute Gasteiger partial charge is 0.168 e. The molecule has 8 heteroatoms. The summed E-state index contributed by atoms with van der Waals surface area (Å²) < 4.78 is 0. The Balaban J connectivity index is 0.00000121. The molecule has 26 heavy (non-hydrogen) atoms. The van der Waals surface area contributed by atoms with E-state index in [0.29, 0.717) is 6.04 Å². The van der Waals surface area contributed by atoms with Crippen LogP contribution in [0, 0.1) is 0 Å². The van der Waals surface area contributed by atoms with Crippen LogP contribution in [0.5, 0.6) is 0 Å². The maximum atomic E-state index is 4.90. The Morgan fingerprint density at radius 1 is 1.27 bits per heavy atom. The Hall–Kier alpha value is -0.820. The lowest BCUT2D eigenvalue weighted by atomic mass is 10.1. The Morgan fingerprint density at radius 3 is 2.73 bits per heavy atom. The van der Waals surface area contributed by atoms with Crippen LogP contribution in [-0.4, -0.2) is 45.7 Å². The highest BCUT2D eigenvalue weighted by Gasteiger charge is 2.32. The number of thioether (sulfide) groups is 2. The summed E-state index contributed by atoms with van der Waals surface area (Å²) in [5, 5.41) is 7.95. The molecule has 142 valence electrons. The predicted molar refractivity (Wildman–Crippen MR) is 120 cm³/mol. The minimum atomic E-state index is 0. The van der Waals surface area contributed by atoms with Crippen molar-refractivity contribution in [2.24, 2.45) is 9.98 Å². The van der Waals surface area contributed by atoms with Gasteiger partial charge in [-0.2, -0.15) is 0 Å². The van der Waals surface area contributed by atoms with Crippen LogP contribution in [0.15, 0.2) is 51.4 Å². The maximum absolute atomic E-state index is 4.90. The van der Waals surface area contributed by atoms with E-state index in [-0.39, 0.29) is 30.4 Å². The molecule has 3 aliphatic rings. The lowest BCUT2D eigenvalue weighted by Gasteiger charge is -2.20. The molecule has 4 nitrogen and oxygen atoms in total. The van der Waals surface area contributed by atoms with Crippen LogP contribution >= 0.6 is 48.3 Å². The highest BCUT2D eigenvalue weighted by Crippen LogP contribution is 2.34. The van der Waals surface area contributed by atoms with E-state index >= 15 is 0 Å². The van der Waals surface area contributed by atoms with Gasteiger partial charge in [-0.1, -0.05) is 53.9 Å². The van der Waals surface area contributed by atoms with E-state index in [9.17, 15) is 0 Å². The van der Waals surface area contributed by atoms with Gasteiger partial charge in [0.05, 0.1) is 18.1 Å². The number of amidine groups is 2. The Morgan fingerprint density at radius 2 is 2.04 bits per heavy atom. The molecule has 1 aromatic rings. The Labute approximate surface area is 176 Å². The van der Waals surface area contributed by atoms with Crippen LogP contribution in [0.3, 0.4) is 0 Å². The molecule has 0 saturated heterocycles. The number of aliphatic imine (C=N–C) groups is 2. The third-order valence-corrected chi connectivity index (χ3v) is 6.17. The first-order valence-corrected chi connectivity index (χ1v) is 10.2. The van der Waals surface area contributed by atoms with Crippen molar-refractivity contribution in [2.75, 3.05) is 18.8 Å². The van der Waals surface area contributed by atoms with Crippen molar-refractivity contribution >= 4 is 58.7 Å². The predicted octanol–water partition coefficient (Wildman–Crippen LogP) is 4.17. The van der Waals surface area contributed by atoms with E-state index < -0.39 is 0 Å². The molecule has 0 fully saturated rings. The van der Waals surface area contributed by atoms with Gasteiger partial charge in [0.1, 0.15) is 0 Å². The SMILES string of the molecule is CC1(C)CN=C(SCC2=CSC3=NC(Cc4ccccc4)CN23)N1.Cl.Cl. The summed E-state index contributed by atoms with van der Waals surface area (Å²) in [5.41, 5.74) is 2.82. The standard InChI is InChI=1S/C18H22N4S2.2ClH/c1-18(2)12-19-16(21-18)23-10-15-11-24-17-20-14(9-22(15)17)8-13-6-4-3-5-7-13;;/h3-7,11,14H,8-10,12H2,1-2H3,(H,19,21);2*1H. The molecule has 0 saturated carbocycles. The van der Waals surface area contributed by atoms with Gasteiger partial charge in [-0.15, -0.1) is 24.8 Å². The zero-order chi connectivity index (χ0) is 16.6. The number of nitrogens with zero attached hydrogens (tertiary/aromatic N) is 3. The maximum Gasteiger partial charge on any atom is 0.168 e. The first kappa shape index (κ1) is 21.5. The molecule has 0 aliphatic carbocycles. The van der Waals surface area contributed by atoms with Gasteiger partial charge in [-0.25, -0.2) is 0 Å². The van der Waals surface area contributed by atoms with Gasteiger partial charge >= 0.3 is 0 Å². The molecule has 0 aromatic heterocycles. The number of fused-ring (bicyclic) bond motifs is 1. The summed E-state index contributed by atoms with van der Waals surface area (Å²) in [6.07, 6.45) is 1.02. The van der Waals surface area contributed by atoms with E-state index in [0.717, 1.165) is 35.6 Å². The van der Waals surface area contributed by atoms with E-state index in [1.807, 2.05) is 0 Å². The average Bonchev–Trinajstić information content (AvgIpc) is 3.21. The van der Waals surface area contributed by atoms with Gasteiger partial charge in [-0.3, -0.25) is 9.98 Å². The topological polar surface area (TPSA) is 40.0 Å². The van der Waals surface area contributed by atoms with Gasteiger partial charge in [0.2, 0.25) is 0 Å². The minimum Gasteiger partial charge on any atom is -0.358 e. The minimum absolute atomic E-state index is 0. The van der Waals surface area contributed by atoms with Crippen molar-refractivity contribution in [3.8, 4) is 0 Å². The third kappa shape index (κ3) is 4.91. The van der Waals surface area contributed by atoms with Crippen molar-refractivity contribution in [1.82, 2.24) is 10.2 Å². The summed E-state index contributed by atoms with van der Waals surface area (Å²) >= 11 is 3.56. The third-order valence-electron chi connectivity index (χ3n) is 4.30. The normalized spacial score (nSPS) is 22.5. The van der Waals surface area contributed by atoms with E-state index in [1.165, 1.54) is 11.3 Å². The zero-order valence-electron chi connectivity index (χ0n) is 14.8. The molecular formula is C18H24Cl2N4S2. The fourth-order valence-corrected chi connectivity index (χ4v) is 5.16. The van der Waals surface area contributed by atoms with Crippen LogP contribution < -0.4 is 5.32 Å². The van der Waals surface area contributed by atoms with E-state index in [1.54, 1.807) is 23.5 Å². The second-order valence-corrected chi connectivity index (χ2v) is 8.81. The van der Waals surface area contributed by atoms with Gasteiger partial charge in [0.25, 0.3) is 0 Å². The van der Waals surface area contributed by atoms with Gasteiger partial charge in [-0.05, 0) is 31.2 Å². The first-order chi connectivity index (χ1) is 11.6. The summed E-state index contributed by atoms with van der Waals surface area (Å²) in [6, 6.07) is 11.0. The number of rotatable bonds is 4. The van der Waals surface area contributed by atoms with Crippen molar-refractivity contribution in [2.45, 2.75) is 31.8 Å². The van der Waals surface area contributed by atoms with E-state index in [4.69, 9.17) is 4.99 Å². The van der Waals surface area contributed by atoms with Crippen LogP contribution in [0.4, 0.5) is 0 Å². The van der Waals surface area contributed by atoms with E-state index in [2.05, 4.69) is 64.8 Å². The molecule has 0 amide bonds. The molecule has 0 radical (unpaired) electrons. The number of hydrogen-bond acceptors (Lipinski definition) is 6. The lowest BCUT2D eigenvalue weighted by Crippen LogP contribution is -2.38. The monoisotopic (exact) mass is 430 g/mol. The highest BCUT2D eigenvalue weighted by molar-refractivity contribution is 8.17. The summed E-state index contributed by atoms with van der Waals surface area (Å²) in [6.45, 7) is 6.23. The molecule has 1 unspecified atom stereocenters. The molecule has 1 aromatic carbocycles. The van der Waals surface area contributed by atoms with Gasteiger partial charge in [0, 0.05) is 18.0 Å². The molecule has 3 heterocycles. The summed E-state index contributed by atoms with van der Waals surface area (Å²) in [5.74, 6) is 0.950. The fraction of sp³-hybridized carbons (Fsp3) is 0.444.